The molecule has 156 valence electrons. The molecule has 30 heavy (non-hydrogen) atoms. The first-order valence-corrected chi connectivity index (χ1v) is 8.74. The average Bonchev–Trinajstić information content (AvgIpc) is 2.65. The van der Waals surface area contributed by atoms with Crippen LogP contribution in [0.4, 0.5) is 29.1 Å². The number of hydrogen-bond acceptors (Lipinski definition) is 4. The third kappa shape index (κ3) is 4.68. The van der Waals surface area contributed by atoms with Crippen LogP contribution >= 0.6 is 0 Å². The van der Waals surface area contributed by atoms with E-state index in [0.717, 1.165) is 17.3 Å². The van der Waals surface area contributed by atoms with Crippen molar-refractivity contribution >= 4 is 17.4 Å². The van der Waals surface area contributed by atoms with Crippen LogP contribution in [0, 0.1) is 19.7 Å². The quantitative estimate of drug-likeness (QED) is 0.549. The van der Waals surface area contributed by atoms with Gasteiger partial charge in [-0.15, -0.1) is 0 Å². The Morgan fingerprint density at radius 1 is 1.03 bits per heavy atom. The Hall–Kier alpha value is -3.62. The van der Waals surface area contributed by atoms with Gasteiger partial charge in [-0.25, -0.2) is 9.37 Å². The molecule has 5 nitrogen and oxygen atoms in total. The molecule has 0 aliphatic rings. The van der Waals surface area contributed by atoms with E-state index >= 15 is 0 Å². The maximum atomic E-state index is 13.6. The number of nitrogens with zero attached hydrogens (tertiary/aromatic N) is 1. The van der Waals surface area contributed by atoms with Gasteiger partial charge in [0.1, 0.15) is 23.1 Å². The Labute approximate surface area is 169 Å². The van der Waals surface area contributed by atoms with Crippen LogP contribution in [0.3, 0.4) is 0 Å². The second kappa shape index (κ2) is 8.02. The molecule has 3 rings (SSSR count). The number of nitrogen functional groups attached to an aromatic ring is 1. The summed E-state index contributed by atoms with van der Waals surface area (Å²) in [6.07, 6.45) is -4.78. The maximum Gasteiger partial charge on any atom is 0.419 e. The minimum atomic E-state index is -4.78. The largest absolute Gasteiger partial charge is 0.457 e. The van der Waals surface area contributed by atoms with E-state index in [1.165, 1.54) is 24.3 Å². The predicted molar refractivity (Wildman–Crippen MR) is 104 cm³/mol. The van der Waals surface area contributed by atoms with E-state index in [0.29, 0.717) is 17.8 Å². The molecular weight excluding hydrogens is 402 g/mol. The molecule has 0 radical (unpaired) electrons. The summed E-state index contributed by atoms with van der Waals surface area (Å²) in [4.78, 5) is 16.5. The number of hydrogen-bond donors (Lipinski definition) is 2. The van der Waals surface area contributed by atoms with Crippen molar-refractivity contribution in [3.8, 4) is 11.5 Å². The molecule has 0 fully saturated rings. The molecule has 1 heterocycles. The topological polar surface area (TPSA) is 77.2 Å². The fraction of sp³-hybridized carbons (Fsp3) is 0.143. The molecule has 2 aromatic carbocycles. The number of nitrogens with two attached hydrogens (primary N) is 1. The molecule has 0 saturated heterocycles. The molecule has 0 atom stereocenters. The number of pyridine rings is 1. The van der Waals surface area contributed by atoms with Gasteiger partial charge in [-0.1, -0.05) is 0 Å². The Morgan fingerprint density at radius 3 is 2.27 bits per heavy atom. The van der Waals surface area contributed by atoms with Crippen LogP contribution in [0.15, 0.2) is 48.5 Å². The van der Waals surface area contributed by atoms with Crippen LogP contribution in [-0.4, -0.2) is 10.9 Å². The number of benzene rings is 2. The first kappa shape index (κ1) is 21.1. The minimum absolute atomic E-state index is 0.0914. The van der Waals surface area contributed by atoms with Gasteiger partial charge in [-0.2, -0.15) is 13.2 Å². The van der Waals surface area contributed by atoms with E-state index in [-0.39, 0.29) is 22.9 Å². The number of amides is 1. The molecule has 0 aliphatic carbocycles. The lowest BCUT2D eigenvalue weighted by atomic mass is 10.1. The normalized spacial score (nSPS) is 11.3. The van der Waals surface area contributed by atoms with Gasteiger partial charge in [-0.05, 0) is 61.9 Å². The molecule has 0 bridgehead atoms. The third-order valence-corrected chi connectivity index (χ3v) is 4.33. The zero-order valence-electron chi connectivity index (χ0n) is 16.0. The first-order valence-electron chi connectivity index (χ1n) is 8.74. The summed E-state index contributed by atoms with van der Waals surface area (Å²) in [6.45, 7) is 3.60. The number of carbonyl (C=O) groups is 1. The van der Waals surface area contributed by atoms with Crippen molar-refractivity contribution in [2.45, 2.75) is 20.0 Å². The van der Waals surface area contributed by atoms with Gasteiger partial charge >= 0.3 is 6.18 Å². The number of rotatable bonds is 4. The number of ether oxygens (including phenoxy) is 1. The molecule has 1 amide bonds. The molecule has 3 N–H and O–H groups in total. The zero-order chi connectivity index (χ0) is 22.1. The van der Waals surface area contributed by atoms with Gasteiger partial charge in [0.15, 0.2) is 0 Å². The number of carbonyl (C=O) groups excluding carboxylic acids is 1. The zero-order valence-corrected chi connectivity index (χ0v) is 16.0. The Balaban J connectivity index is 1.70. The predicted octanol–water partition coefficient (Wildman–Crippen LogP) is 5.48. The highest BCUT2D eigenvalue weighted by atomic mass is 19.4. The number of anilines is 2. The van der Waals surface area contributed by atoms with Crippen molar-refractivity contribution in [2.75, 3.05) is 11.1 Å². The standard InChI is InChI=1S/C21H17F4N3O2/c1-11-9-16(19(26)27-12(11)2)20(29)28-13-3-5-14(6-4-13)30-15-7-8-17(18(22)10-15)21(23,24)25/h3-10H,1-2H3,(H2,26,27)(H,28,29). The fourth-order valence-electron chi connectivity index (χ4n) is 2.64. The van der Waals surface area contributed by atoms with Crippen LogP contribution in [0.1, 0.15) is 27.2 Å². The van der Waals surface area contributed by atoms with E-state index in [1.807, 2.05) is 6.92 Å². The average molecular weight is 419 g/mol. The van der Waals surface area contributed by atoms with Crippen molar-refractivity contribution in [1.29, 1.82) is 0 Å². The number of aryl methyl sites for hydroxylation is 2. The highest BCUT2D eigenvalue weighted by Gasteiger charge is 2.34. The number of aromatic nitrogens is 1. The van der Waals surface area contributed by atoms with E-state index in [4.69, 9.17) is 10.5 Å². The SMILES string of the molecule is Cc1cc(C(=O)Nc2ccc(Oc3ccc(C(F)(F)F)c(F)c3)cc2)c(N)nc1C. The van der Waals surface area contributed by atoms with Gasteiger partial charge < -0.3 is 15.8 Å². The van der Waals surface area contributed by atoms with Crippen LogP contribution in [0.25, 0.3) is 0 Å². The number of halogens is 4. The van der Waals surface area contributed by atoms with E-state index < -0.39 is 23.5 Å². The molecule has 0 unspecified atom stereocenters. The smallest absolute Gasteiger partial charge is 0.419 e. The van der Waals surface area contributed by atoms with Gasteiger partial charge in [0.05, 0.1) is 11.1 Å². The highest BCUT2D eigenvalue weighted by molar-refractivity contribution is 6.07. The van der Waals surface area contributed by atoms with Gasteiger partial charge in [0.25, 0.3) is 5.91 Å². The molecule has 0 spiro atoms. The molecule has 0 aliphatic heterocycles. The Morgan fingerprint density at radius 2 is 1.67 bits per heavy atom. The van der Waals surface area contributed by atoms with E-state index in [2.05, 4.69) is 10.3 Å². The molecule has 3 aromatic rings. The van der Waals surface area contributed by atoms with Gasteiger partial charge in [0.2, 0.25) is 0 Å². The van der Waals surface area contributed by atoms with Gasteiger partial charge in [0, 0.05) is 17.4 Å². The molecule has 1 aromatic heterocycles. The molecule has 0 saturated carbocycles. The lowest BCUT2D eigenvalue weighted by Crippen LogP contribution is -2.15. The fourth-order valence-corrected chi connectivity index (χ4v) is 2.64. The summed E-state index contributed by atoms with van der Waals surface area (Å²) in [5.41, 5.74) is 6.66. The van der Waals surface area contributed by atoms with Crippen molar-refractivity contribution in [3.05, 3.63) is 76.7 Å². The van der Waals surface area contributed by atoms with Gasteiger partial charge in [-0.3, -0.25) is 4.79 Å². The maximum absolute atomic E-state index is 13.6. The highest BCUT2D eigenvalue weighted by Crippen LogP contribution is 2.34. The molecule has 9 heteroatoms. The van der Waals surface area contributed by atoms with Crippen LogP contribution in [0.5, 0.6) is 11.5 Å². The van der Waals surface area contributed by atoms with E-state index in [9.17, 15) is 22.4 Å². The Bertz CT molecular complexity index is 1100. The second-order valence-corrected chi connectivity index (χ2v) is 6.54. The van der Waals surface area contributed by atoms with Crippen molar-refractivity contribution in [1.82, 2.24) is 4.98 Å². The number of alkyl halides is 3. The Kier molecular flexibility index (Phi) is 5.64. The van der Waals surface area contributed by atoms with Crippen molar-refractivity contribution in [2.24, 2.45) is 0 Å². The van der Waals surface area contributed by atoms with Crippen LogP contribution in [0.2, 0.25) is 0 Å². The third-order valence-electron chi connectivity index (χ3n) is 4.33. The lowest BCUT2D eigenvalue weighted by Gasteiger charge is -2.12. The van der Waals surface area contributed by atoms with E-state index in [1.54, 1.807) is 13.0 Å². The molecular formula is C21H17F4N3O2. The van der Waals surface area contributed by atoms with Crippen LogP contribution < -0.4 is 15.8 Å². The first-order chi connectivity index (χ1) is 14.0. The minimum Gasteiger partial charge on any atom is -0.457 e. The summed E-state index contributed by atoms with van der Waals surface area (Å²) >= 11 is 0. The summed E-state index contributed by atoms with van der Waals surface area (Å²) in [7, 11) is 0. The number of nitrogens with one attached hydrogen (secondary N) is 1. The summed E-state index contributed by atoms with van der Waals surface area (Å²) < 4.78 is 56.9. The summed E-state index contributed by atoms with van der Waals surface area (Å²) in [5.74, 6) is -1.60. The van der Waals surface area contributed by atoms with Crippen LogP contribution in [-0.2, 0) is 6.18 Å². The summed E-state index contributed by atoms with van der Waals surface area (Å²) in [5, 5.41) is 2.67. The summed E-state index contributed by atoms with van der Waals surface area (Å²) in [6, 6.07) is 9.95. The monoisotopic (exact) mass is 419 g/mol. The lowest BCUT2D eigenvalue weighted by molar-refractivity contribution is -0.140. The van der Waals surface area contributed by atoms with Crippen molar-refractivity contribution < 1.29 is 27.1 Å². The second-order valence-electron chi connectivity index (χ2n) is 6.54. The van der Waals surface area contributed by atoms with Crippen molar-refractivity contribution in [3.63, 3.8) is 0 Å².